The van der Waals surface area contributed by atoms with Crippen LogP contribution in [-0.4, -0.2) is 43.5 Å². The van der Waals surface area contributed by atoms with Gasteiger partial charge in [0, 0.05) is 25.8 Å². The molecule has 0 saturated carbocycles. The molecule has 0 bridgehead atoms. The highest BCUT2D eigenvalue weighted by Crippen LogP contribution is 2.06. The quantitative estimate of drug-likeness (QED) is 0.643. The third kappa shape index (κ3) is 5.57. The molecule has 18 heavy (non-hydrogen) atoms. The Hall–Kier alpha value is -1.71. The topological polar surface area (TPSA) is 77.3 Å². The highest BCUT2D eigenvalue weighted by Gasteiger charge is 2.02. The van der Waals surface area contributed by atoms with E-state index in [0.29, 0.717) is 37.8 Å². The summed E-state index contributed by atoms with van der Waals surface area (Å²) in [6.45, 7) is 4.02. The Morgan fingerprint density at radius 3 is 2.78 bits per heavy atom. The van der Waals surface area contributed by atoms with Gasteiger partial charge in [-0.25, -0.2) is 4.98 Å². The maximum atomic E-state index is 8.75. The Bertz CT molecular complexity index is 404. The van der Waals surface area contributed by atoms with Gasteiger partial charge in [-0.2, -0.15) is 10.2 Å². The summed E-state index contributed by atoms with van der Waals surface area (Å²) in [7, 11) is 1.63. The molecular formula is C12H17N3O3. The molecule has 98 valence electrons. The minimum absolute atomic E-state index is 0.239. The Morgan fingerprint density at radius 1 is 1.22 bits per heavy atom. The molecule has 0 unspecified atom stereocenters. The van der Waals surface area contributed by atoms with E-state index in [0.717, 1.165) is 6.42 Å². The van der Waals surface area contributed by atoms with E-state index in [1.807, 2.05) is 6.07 Å². The van der Waals surface area contributed by atoms with Crippen LogP contribution in [0.4, 0.5) is 0 Å². The van der Waals surface area contributed by atoms with Crippen molar-refractivity contribution in [2.45, 2.75) is 13.3 Å². The molecule has 0 amide bonds. The Balaban J connectivity index is 2.23. The normalized spacial score (nSPS) is 10.1. The summed E-state index contributed by atoms with van der Waals surface area (Å²) >= 11 is 0. The van der Waals surface area contributed by atoms with Crippen molar-refractivity contribution in [1.82, 2.24) is 9.97 Å². The molecule has 1 rings (SSSR count). The molecule has 0 N–H and O–H groups in total. The fraction of sp³-hybridized carbons (Fsp3) is 0.583. The van der Waals surface area contributed by atoms with Crippen molar-refractivity contribution in [3.63, 3.8) is 0 Å². The van der Waals surface area contributed by atoms with Gasteiger partial charge in [0.25, 0.3) is 0 Å². The lowest BCUT2D eigenvalue weighted by Gasteiger charge is -2.06. The van der Waals surface area contributed by atoms with Gasteiger partial charge in [-0.05, 0) is 13.0 Å². The Morgan fingerprint density at radius 2 is 2.06 bits per heavy atom. The van der Waals surface area contributed by atoms with Gasteiger partial charge >= 0.3 is 6.01 Å². The molecule has 0 aliphatic carbocycles. The van der Waals surface area contributed by atoms with Crippen molar-refractivity contribution < 1.29 is 14.2 Å². The second-order valence-corrected chi connectivity index (χ2v) is 3.60. The zero-order valence-corrected chi connectivity index (χ0v) is 10.7. The summed E-state index contributed by atoms with van der Waals surface area (Å²) in [5.74, 6) is 0. The van der Waals surface area contributed by atoms with Gasteiger partial charge in [0.15, 0.2) is 0 Å². The van der Waals surface area contributed by atoms with Crippen LogP contribution in [0.1, 0.15) is 17.8 Å². The summed E-state index contributed by atoms with van der Waals surface area (Å²) in [6, 6.07) is 3.81. The first-order chi connectivity index (χ1) is 8.76. The highest BCUT2D eigenvalue weighted by atomic mass is 16.5. The number of aryl methyl sites for hydroxylation is 1. The zero-order valence-electron chi connectivity index (χ0n) is 10.7. The van der Waals surface area contributed by atoms with Gasteiger partial charge in [0.05, 0.1) is 19.8 Å². The molecule has 1 aromatic heterocycles. The van der Waals surface area contributed by atoms with Crippen LogP contribution in [0.25, 0.3) is 0 Å². The fourth-order valence-corrected chi connectivity index (χ4v) is 1.23. The van der Waals surface area contributed by atoms with Crippen LogP contribution < -0.4 is 4.74 Å². The smallest absolute Gasteiger partial charge is 0.317 e. The van der Waals surface area contributed by atoms with Gasteiger partial charge < -0.3 is 14.2 Å². The van der Waals surface area contributed by atoms with Crippen molar-refractivity contribution >= 4 is 0 Å². The molecule has 1 aromatic rings. The minimum atomic E-state index is 0.239. The van der Waals surface area contributed by atoms with Gasteiger partial charge in [-0.15, -0.1) is 0 Å². The number of nitriles is 1. The number of hydrogen-bond acceptors (Lipinski definition) is 6. The van der Waals surface area contributed by atoms with Gasteiger partial charge in [-0.1, -0.05) is 0 Å². The molecule has 6 heteroatoms. The summed E-state index contributed by atoms with van der Waals surface area (Å²) in [6.07, 6.45) is 0.739. The van der Waals surface area contributed by atoms with Crippen molar-refractivity contribution in [3.8, 4) is 12.1 Å². The molecule has 6 nitrogen and oxygen atoms in total. The summed E-state index contributed by atoms with van der Waals surface area (Å²) in [4.78, 5) is 8.03. The predicted octanol–water partition coefficient (Wildman–Crippen LogP) is 1.09. The first-order valence-corrected chi connectivity index (χ1v) is 5.71. The minimum Gasteiger partial charge on any atom is -0.463 e. The largest absolute Gasteiger partial charge is 0.463 e. The molecule has 0 aliphatic rings. The van der Waals surface area contributed by atoms with E-state index in [-0.39, 0.29) is 6.01 Å². The molecule has 0 atom stereocenters. The van der Waals surface area contributed by atoms with Crippen LogP contribution in [0.5, 0.6) is 6.01 Å². The molecule has 1 heterocycles. The fourth-order valence-electron chi connectivity index (χ4n) is 1.23. The van der Waals surface area contributed by atoms with Crippen molar-refractivity contribution in [3.05, 3.63) is 17.5 Å². The lowest BCUT2D eigenvalue weighted by molar-refractivity contribution is 0.0639. The Labute approximate surface area is 107 Å². The number of ether oxygens (including phenoxy) is 3. The zero-order chi connectivity index (χ0) is 13.2. The number of methoxy groups -OCH3 is 1. The van der Waals surface area contributed by atoms with E-state index >= 15 is 0 Å². The average Bonchev–Trinajstić information content (AvgIpc) is 2.37. The van der Waals surface area contributed by atoms with E-state index in [9.17, 15) is 0 Å². The van der Waals surface area contributed by atoms with E-state index < -0.39 is 0 Å². The van der Waals surface area contributed by atoms with Gasteiger partial charge in [-0.3, -0.25) is 0 Å². The average molecular weight is 251 g/mol. The molecule has 0 fully saturated rings. The highest BCUT2D eigenvalue weighted by molar-refractivity contribution is 5.23. The molecule has 0 aromatic carbocycles. The maximum absolute atomic E-state index is 8.75. The van der Waals surface area contributed by atoms with Crippen LogP contribution in [0, 0.1) is 18.3 Å². The lowest BCUT2D eigenvalue weighted by Crippen LogP contribution is -2.08. The van der Waals surface area contributed by atoms with Crippen LogP contribution in [0.3, 0.4) is 0 Å². The van der Waals surface area contributed by atoms with Crippen LogP contribution in [-0.2, 0) is 9.47 Å². The third-order valence-electron chi connectivity index (χ3n) is 2.04. The van der Waals surface area contributed by atoms with Crippen LogP contribution in [0.2, 0.25) is 0 Å². The standard InChI is InChI=1S/C12H17N3O3/c1-10-8-11(9-13)15-12(14-10)18-5-3-4-17-7-6-16-2/h8H,3-7H2,1-2H3. The molecule has 0 radical (unpaired) electrons. The molecule has 0 saturated heterocycles. The second kappa shape index (κ2) is 8.39. The molecule has 0 spiro atoms. The summed E-state index contributed by atoms with van der Waals surface area (Å²) in [5.41, 5.74) is 1.03. The van der Waals surface area contributed by atoms with Crippen LogP contribution >= 0.6 is 0 Å². The Kier molecular flexibility index (Phi) is 6.69. The maximum Gasteiger partial charge on any atom is 0.317 e. The monoisotopic (exact) mass is 251 g/mol. The number of aromatic nitrogens is 2. The summed E-state index contributed by atoms with van der Waals surface area (Å²) < 4.78 is 15.5. The number of nitrogens with zero attached hydrogens (tertiary/aromatic N) is 3. The van der Waals surface area contributed by atoms with Crippen molar-refractivity contribution in [2.75, 3.05) is 33.5 Å². The SMILES string of the molecule is COCCOCCCOc1nc(C)cc(C#N)n1. The summed E-state index contributed by atoms with van der Waals surface area (Å²) in [5, 5.41) is 8.75. The van der Waals surface area contributed by atoms with E-state index in [4.69, 9.17) is 19.5 Å². The van der Waals surface area contributed by atoms with E-state index in [2.05, 4.69) is 9.97 Å². The number of hydrogen-bond donors (Lipinski definition) is 0. The third-order valence-corrected chi connectivity index (χ3v) is 2.04. The first kappa shape index (κ1) is 14.4. The van der Waals surface area contributed by atoms with E-state index in [1.54, 1.807) is 20.1 Å². The lowest BCUT2D eigenvalue weighted by atomic mass is 10.3. The van der Waals surface area contributed by atoms with E-state index in [1.165, 1.54) is 0 Å². The number of rotatable bonds is 8. The van der Waals surface area contributed by atoms with Crippen LogP contribution in [0.15, 0.2) is 6.07 Å². The predicted molar refractivity (Wildman–Crippen MR) is 64.3 cm³/mol. The van der Waals surface area contributed by atoms with Crippen molar-refractivity contribution in [1.29, 1.82) is 5.26 Å². The van der Waals surface area contributed by atoms with Gasteiger partial charge in [0.2, 0.25) is 0 Å². The van der Waals surface area contributed by atoms with Crippen molar-refractivity contribution in [2.24, 2.45) is 0 Å². The van der Waals surface area contributed by atoms with Gasteiger partial charge in [0.1, 0.15) is 11.8 Å². The molecular weight excluding hydrogens is 234 g/mol. The molecule has 0 aliphatic heterocycles. The second-order valence-electron chi connectivity index (χ2n) is 3.60. The first-order valence-electron chi connectivity index (χ1n) is 5.71.